The molecule has 0 bridgehead atoms. The number of hydrogen-bond acceptors (Lipinski definition) is 5. The lowest BCUT2D eigenvalue weighted by atomic mass is 10.1. The lowest BCUT2D eigenvalue weighted by Gasteiger charge is -2.01. The van der Waals surface area contributed by atoms with Crippen LogP contribution in [0.3, 0.4) is 0 Å². The molecule has 2 aromatic carbocycles. The predicted octanol–water partition coefficient (Wildman–Crippen LogP) is 6.04. The maximum absolute atomic E-state index is 11.2. The molecule has 1 aromatic heterocycles. The van der Waals surface area contributed by atoms with E-state index in [9.17, 15) is 4.79 Å². The normalized spacial score (nSPS) is 10.1. The number of ether oxygens (including phenoxy) is 1. The molecule has 0 N–H and O–H groups in total. The average molecular weight is 345 g/mol. The molecule has 0 saturated heterocycles. The monoisotopic (exact) mass is 345 g/mol. The number of hydrogen-bond donors (Lipinski definition) is 0. The van der Waals surface area contributed by atoms with Gasteiger partial charge >= 0.3 is 0 Å². The van der Waals surface area contributed by atoms with Crippen molar-refractivity contribution in [1.82, 2.24) is 4.98 Å². The van der Waals surface area contributed by atoms with Crippen molar-refractivity contribution in [3.05, 3.63) is 48.0 Å². The summed E-state index contributed by atoms with van der Waals surface area (Å²) in [4.78, 5) is 16.9. The molecule has 0 unspecified atom stereocenters. The molecular formula is C18H19NO2S2. The Morgan fingerprint density at radius 3 is 2.43 bits per heavy atom. The van der Waals surface area contributed by atoms with Gasteiger partial charge in [0.25, 0.3) is 5.19 Å². The molecular weight excluding hydrogens is 326 g/mol. The Bertz CT molecular complexity index is 794. The van der Waals surface area contributed by atoms with Gasteiger partial charge in [0.1, 0.15) is 5.75 Å². The fraction of sp³-hybridized carbons (Fsp3) is 0.222. The zero-order valence-electron chi connectivity index (χ0n) is 13.6. The lowest BCUT2D eigenvalue weighted by molar-refractivity contribution is 0.101. The predicted molar refractivity (Wildman–Crippen MR) is 99.3 cm³/mol. The molecule has 0 radical (unpaired) electrons. The first-order valence-corrected chi connectivity index (χ1v) is 9.44. The molecule has 5 heteroatoms. The Morgan fingerprint density at radius 2 is 1.83 bits per heavy atom. The van der Waals surface area contributed by atoms with Crippen LogP contribution in [0, 0.1) is 0 Å². The van der Waals surface area contributed by atoms with Crippen LogP contribution in [0.5, 0.6) is 10.9 Å². The third kappa shape index (κ3) is 4.12. The van der Waals surface area contributed by atoms with E-state index in [1.54, 1.807) is 43.0 Å². The van der Waals surface area contributed by atoms with Crippen molar-refractivity contribution < 1.29 is 9.53 Å². The molecule has 0 aliphatic carbocycles. The first-order chi connectivity index (χ1) is 11.2. The van der Waals surface area contributed by atoms with Crippen LogP contribution in [-0.2, 0) is 0 Å². The molecule has 1 heterocycles. The van der Waals surface area contributed by atoms with E-state index in [0.29, 0.717) is 16.5 Å². The number of nitrogens with zero attached hydrogens (tertiary/aromatic N) is 1. The van der Waals surface area contributed by atoms with E-state index in [0.717, 1.165) is 15.1 Å². The molecule has 3 aromatic rings. The summed E-state index contributed by atoms with van der Waals surface area (Å²) in [6.07, 6.45) is 2.04. The molecule has 0 saturated carbocycles. The Balaban J connectivity index is 0.000000924. The number of rotatable bonds is 4. The zero-order chi connectivity index (χ0) is 16.8. The molecule has 0 atom stereocenters. The third-order valence-electron chi connectivity index (χ3n) is 3.05. The minimum Gasteiger partial charge on any atom is -0.431 e. The van der Waals surface area contributed by atoms with Crippen molar-refractivity contribution >= 4 is 39.1 Å². The Kier molecular flexibility index (Phi) is 6.19. The first-order valence-electron chi connectivity index (χ1n) is 7.40. The minimum atomic E-state index is 0.0474. The van der Waals surface area contributed by atoms with Gasteiger partial charge < -0.3 is 4.74 Å². The summed E-state index contributed by atoms with van der Waals surface area (Å²) < 4.78 is 6.89. The number of thioether (sulfide) groups is 1. The van der Waals surface area contributed by atoms with Crippen LogP contribution in [0.15, 0.2) is 47.4 Å². The van der Waals surface area contributed by atoms with Gasteiger partial charge in [-0.15, -0.1) is 11.8 Å². The number of benzene rings is 2. The SMILES string of the molecule is CC.CSc1cccc2sc(Oc3ccc(C(C)=O)cc3)nc12. The molecule has 120 valence electrons. The number of thiazole rings is 1. The van der Waals surface area contributed by atoms with Gasteiger partial charge in [-0.1, -0.05) is 31.3 Å². The highest BCUT2D eigenvalue weighted by atomic mass is 32.2. The molecule has 0 fully saturated rings. The number of ketones is 1. The topological polar surface area (TPSA) is 39.2 Å². The van der Waals surface area contributed by atoms with E-state index in [-0.39, 0.29) is 5.78 Å². The highest BCUT2D eigenvalue weighted by Crippen LogP contribution is 2.35. The second-order valence-electron chi connectivity index (χ2n) is 4.47. The van der Waals surface area contributed by atoms with Crippen molar-refractivity contribution in [1.29, 1.82) is 0 Å². The number of carbonyl (C=O) groups is 1. The second kappa shape index (κ2) is 8.13. The van der Waals surface area contributed by atoms with E-state index < -0.39 is 0 Å². The molecule has 0 spiro atoms. The van der Waals surface area contributed by atoms with Gasteiger partial charge in [-0.3, -0.25) is 4.79 Å². The van der Waals surface area contributed by atoms with Gasteiger partial charge in [0.05, 0.1) is 10.2 Å². The maximum atomic E-state index is 11.2. The van der Waals surface area contributed by atoms with Crippen LogP contribution in [0.1, 0.15) is 31.1 Å². The van der Waals surface area contributed by atoms with E-state index in [1.807, 2.05) is 32.2 Å². The van der Waals surface area contributed by atoms with E-state index in [1.165, 1.54) is 11.3 Å². The fourth-order valence-electron chi connectivity index (χ4n) is 1.97. The van der Waals surface area contributed by atoms with Crippen molar-refractivity contribution in [3.8, 4) is 10.9 Å². The summed E-state index contributed by atoms with van der Waals surface area (Å²) in [6.45, 7) is 5.55. The standard InChI is InChI=1S/C16H13NO2S2.C2H6/c1-10(18)11-6-8-12(9-7-11)19-16-17-15-13(20-2)4-3-5-14(15)21-16;1-2/h3-9H,1-2H3;1-2H3. The summed E-state index contributed by atoms with van der Waals surface area (Å²) in [5, 5.41) is 0.613. The van der Waals surface area contributed by atoms with Gasteiger partial charge in [0, 0.05) is 10.5 Å². The van der Waals surface area contributed by atoms with Crippen LogP contribution in [0.25, 0.3) is 10.2 Å². The van der Waals surface area contributed by atoms with Gasteiger partial charge in [0.15, 0.2) is 5.78 Å². The zero-order valence-corrected chi connectivity index (χ0v) is 15.3. The minimum absolute atomic E-state index is 0.0474. The van der Waals surface area contributed by atoms with Crippen molar-refractivity contribution in [3.63, 3.8) is 0 Å². The Labute approximate surface area is 144 Å². The highest BCUT2D eigenvalue weighted by Gasteiger charge is 2.09. The maximum Gasteiger partial charge on any atom is 0.279 e. The Hall–Kier alpha value is -1.85. The molecule has 23 heavy (non-hydrogen) atoms. The third-order valence-corrected chi connectivity index (χ3v) is 4.72. The lowest BCUT2D eigenvalue weighted by Crippen LogP contribution is -1.91. The van der Waals surface area contributed by atoms with Crippen LogP contribution < -0.4 is 4.74 Å². The van der Waals surface area contributed by atoms with Gasteiger partial charge in [0.2, 0.25) is 0 Å². The molecule has 3 nitrogen and oxygen atoms in total. The number of para-hydroxylation sites is 1. The summed E-state index contributed by atoms with van der Waals surface area (Å²) >= 11 is 3.19. The van der Waals surface area contributed by atoms with Gasteiger partial charge in [-0.05, 0) is 49.6 Å². The first kappa shape index (κ1) is 17.5. The second-order valence-corrected chi connectivity index (χ2v) is 6.31. The number of aromatic nitrogens is 1. The summed E-state index contributed by atoms with van der Waals surface area (Å²) in [5.74, 6) is 0.732. The van der Waals surface area contributed by atoms with Crippen molar-refractivity contribution in [2.75, 3.05) is 6.26 Å². The summed E-state index contributed by atoms with van der Waals surface area (Å²) in [7, 11) is 0. The fourth-order valence-corrected chi connectivity index (χ4v) is 3.46. The quantitative estimate of drug-likeness (QED) is 0.427. The highest BCUT2D eigenvalue weighted by molar-refractivity contribution is 7.98. The van der Waals surface area contributed by atoms with Crippen LogP contribution in [-0.4, -0.2) is 17.0 Å². The van der Waals surface area contributed by atoms with Gasteiger partial charge in [-0.25, -0.2) is 4.98 Å². The summed E-state index contributed by atoms with van der Waals surface area (Å²) in [5.41, 5.74) is 1.65. The molecule has 0 aliphatic heterocycles. The van der Waals surface area contributed by atoms with Crippen LogP contribution in [0.4, 0.5) is 0 Å². The average Bonchev–Trinajstić information content (AvgIpc) is 2.99. The summed E-state index contributed by atoms with van der Waals surface area (Å²) in [6, 6.07) is 13.2. The van der Waals surface area contributed by atoms with E-state index in [4.69, 9.17) is 4.74 Å². The number of carbonyl (C=O) groups excluding carboxylic acids is 1. The van der Waals surface area contributed by atoms with E-state index >= 15 is 0 Å². The largest absolute Gasteiger partial charge is 0.431 e. The molecule has 0 amide bonds. The number of fused-ring (bicyclic) bond motifs is 1. The van der Waals surface area contributed by atoms with Crippen LogP contribution in [0.2, 0.25) is 0 Å². The molecule has 0 aliphatic rings. The number of Topliss-reactive ketones (excluding diaryl/α,β-unsaturated/α-hetero) is 1. The van der Waals surface area contributed by atoms with Crippen LogP contribution >= 0.6 is 23.1 Å². The van der Waals surface area contributed by atoms with E-state index in [2.05, 4.69) is 11.1 Å². The van der Waals surface area contributed by atoms with Crippen molar-refractivity contribution in [2.24, 2.45) is 0 Å². The molecule has 3 rings (SSSR count). The van der Waals surface area contributed by atoms with Gasteiger partial charge in [-0.2, -0.15) is 0 Å². The Morgan fingerprint density at radius 1 is 1.13 bits per heavy atom. The smallest absolute Gasteiger partial charge is 0.279 e. The van der Waals surface area contributed by atoms with Crippen molar-refractivity contribution in [2.45, 2.75) is 25.7 Å².